The lowest BCUT2D eigenvalue weighted by molar-refractivity contribution is -0.0301. The highest BCUT2D eigenvalue weighted by atomic mass is 16.5. The summed E-state index contributed by atoms with van der Waals surface area (Å²) in [6, 6.07) is 8.62. The monoisotopic (exact) mass is 187 g/mol. The van der Waals surface area contributed by atoms with E-state index in [0.29, 0.717) is 13.2 Å². The van der Waals surface area contributed by atoms with Crippen molar-refractivity contribution in [1.29, 1.82) is 5.26 Å². The molecule has 14 heavy (non-hydrogen) atoms. The Morgan fingerprint density at radius 1 is 1.36 bits per heavy atom. The summed E-state index contributed by atoms with van der Waals surface area (Å²) >= 11 is 0. The fourth-order valence-electron chi connectivity index (χ4n) is 1.84. The summed E-state index contributed by atoms with van der Waals surface area (Å²) in [6.07, 6.45) is 0. The number of hydrogen-bond acceptors (Lipinski definition) is 2. The highest BCUT2D eigenvalue weighted by Crippen LogP contribution is 2.34. The topological polar surface area (TPSA) is 33.0 Å². The first-order valence-corrected chi connectivity index (χ1v) is 4.75. The van der Waals surface area contributed by atoms with Gasteiger partial charge in [0.15, 0.2) is 0 Å². The van der Waals surface area contributed by atoms with Gasteiger partial charge in [-0.25, -0.2) is 0 Å². The number of rotatable bonds is 1. The van der Waals surface area contributed by atoms with E-state index in [1.807, 2.05) is 13.8 Å². The van der Waals surface area contributed by atoms with E-state index in [0.717, 1.165) is 5.56 Å². The van der Waals surface area contributed by atoms with Crippen molar-refractivity contribution in [3.05, 3.63) is 34.9 Å². The third kappa shape index (κ3) is 1.21. The summed E-state index contributed by atoms with van der Waals surface area (Å²) in [5.41, 5.74) is 3.13. The van der Waals surface area contributed by atoms with Crippen LogP contribution in [0.3, 0.4) is 0 Å². The van der Waals surface area contributed by atoms with E-state index >= 15 is 0 Å². The second-order valence-electron chi connectivity index (χ2n) is 4.01. The van der Waals surface area contributed by atoms with E-state index < -0.39 is 0 Å². The molecule has 2 rings (SSSR count). The second kappa shape index (κ2) is 3.11. The zero-order chi connectivity index (χ0) is 10.2. The molecule has 0 radical (unpaired) electrons. The maximum Gasteiger partial charge on any atom is 0.129 e. The maximum atomic E-state index is 9.18. The minimum absolute atomic E-state index is 0.379. The Kier molecular flexibility index (Phi) is 2.05. The summed E-state index contributed by atoms with van der Waals surface area (Å²) in [4.78, 5) is 0. The van der Waals surface area contributed by atoms with Gasteiger partial charge in [-0.15, -0.1) is 0 Å². The molecule has 1 heterocycles. The molecule has 1 aliphatic heterocycles. The highest BCUT2D eigenvalue weighted by molar-refractivity contribution is 5.42. The van der Waals surface area contributed by atoms with Crippen LogP contribution < -0.4 is 0 Å². The summed E-state index contributed by atoms with van der Waals surface area (Å²) in [5, 5.41) is 9.18. The molecule has 0 amide bonds. The molecule has 1 aromatic carbocycles. The minimum atomic E-state index is -0.379. The smallest absolute Gasteiger partial charge is 0.129 e. The molecular weight excluding hydrogens is 174 g/mol. The standard InChI is InChI=1S/C12H13NO/c1-9-3-4-10(2)11(5-9)12(6-13)7-14-8-12/h3-5H,7-8H2,1-2H3. The lowest BCUT2D eigenvalue weighted by Gasteiger charge is -2.36. The van der Waals surface area contributed by atoms with Crippen LogP contribution in [0.5, 0.6) is 0 Å². The molecule has 72 valence electrons. The lowest BCUT2D eigenvalue weighted by atomic mass is 9.77. The van der Waals surface area contributed by atoms with Crippen molar-refractivity contribution in [2.24, 2.45) is 0 Å². The molecule has 0 atom stereocenters. The van der Waals surface area contributed by atoms with Crippen molar-refractivity contribution < 1.29 is 4.74 Å². The molecule has 0 aromatic heterocycles. The van der Waals surface area contributed by atoms with Crippen LogP contribution in [-0.2, 0) is 10.2 Å². The molecule has 0 saturated carbocycles. The number of nitriles is 1. The predicted octanol–water partition coefficient (Wildman–Crippen LogP) is 2.10. The van der Waals surface area contributed by atoms with Gasteiger partial charge in [0.05, 0.1) is 19.3 Å². The van der Waals surface area contributed by atoms with E-state index in [2.05, 4.69) is 24.3 Å². The predicted molar refractivity (Wildman–Crippen MR) is 54.0 cm³/mol. The number of benzene rings is 1. The van der Waals surface area contributed by atoms with Gasteiger partial charge in [0.2, 0.25) is 0 Å². The van der Waals surface area contributed by atoms with Crippen molar-refractivity contribution in [3.63, 3.8) is 0 Å². The molecular formula is C12H13NO. The number of nitrogens with zero attached hydrogens (tertiary/aromatic N) is 1. The molecule has 0 spiro atoms. The Hall–Kier alpha value is -1.33. The third-order valence-electron chi connectivity index (χ3n) is 2.82. The van der Waals surface area contributed by atoms with Crippen LogP contribution in [0.15, 0.2) is 18.2 Å². The fraction of sp³-hybridized carbons (Fsp3) is 0.417. The van der Waals surface area contributed by atoms with E-state index in [1.54, 1.807) is 0 Å². The van der Waals surface area contributed by atoms with Gasteiger partial charge >= 0.3 is 0 Å². The Morgan fingerprint density at radius 3 is 2.57 bits per heavy atom. The minimum Gasteiger partial charge on any atom is -0.377 e. The Bertz CT molecular complexity index is 399. The molecule has 2 nitrogen and oxygen atoms in total. The zero-order valence-corrected chi connectivity index (χ0v) is 8.50. The molecule has 0 N–H and O–H groups in total. The Balaban J connectivity index is 2.50. The largest absolute Gasteiger partial charge is 0.377 e. The van der Waals surface area contributed by atoms with E-state index in [1.165, 1.54) is 11.1 Å². The van der Waals surface area contributed by atoms with Crippen molar-refractivity contribution in [2.45, 2.75) is 19.3 Å². The van der Waals surface area contributed by atoms with Crippen LogP contribution >= 0.6 is 0 Å². The van der Waals surface area contributed by atoms with Crippen LogP contribution in [0.4, 0.5) is 0 Å². The van der Waals surface area contributed by atoms with Gasteiger partial charge in [0.25, 0.3) is 0 Å². The second-order valence-corrected chi connectivity index (χ2v) is 4.01. The number of aryl methyl sites for hydroxylation is 2. The maximum absolute atomic E-state index is 9.18. The quantitative estimate of drug-likeness (QED) is 0.674. The first-order valence-electron chi connectivity index (χ1n) is 4.75. The van der Waals surface area contributed by atoms with Gasteiger partial charge in [-0.1, -0.05) is 23.8 Å². The average molecular weight is 187 g/mol. The number of ether oxygens (including phenoxy) is 1. The van der Waals surface area contributed by atoms with E-state index in [4.69, 9.17) is 4.74 Å². The van der Waals surface area contributed by atoms with Gasteiger partial charge < -0.3 is 4.74 Å². The van der Waals surface area contributed by atoms with Crippen LogP contribution in [0.1, 0.15) is 16.7 Å². The first-order chi connectivity index (χ1) is 6.68. The first kappa shape index (κ1) is 9.23. The summed E-state index contributed by atoms with van der Waals surface area (Å²) in [6.45, 7) is 5.17. The van der Waals surface area contributed by atoms with Gasteiger partial charge in [-0.2, -0.15) is 5.26 Å². The summed E-state index contributed by atoms with van der Waals surface area (Å²) < 4.78 is 5.16. The van der Waals surface area contributed by atoms with Gasteiger partial charge in [-0.05, 0) is 25.0 Å². The third-order valence-corrected chi connectivity index (χ3v) is 2.82. The normalized spacial score (nSPS) is 18.4. The molecule has 1 fully saturated rings. The van der Waals surface area contributed by atoms with Crippen LogP contribution in [-0.4, -0.2) is 13.2 Å². The molecule has 1 saturated heterocycles. The van der Waals surface area contributed by atoms with Crippen molar-refractivity contribution >= 4 is 0 Å². The van der Waals surface area contributed by atoms with E-state index in [9.17, 15) is 5.26 Å². The van der Waals surface area contributed by atoms with Gasteiger partial charge in [-0.3, -0.25) is 0 Å². The molecule has 0 bridgehead atoms. The van der Waals surface area contributed by atoms with E-state index in [-0.39, 0.29) is 5.41 Å². The van der Waals surface area contributed by atoms with Crippen molar-refractivity contribution in [3.8, 4) is 6.07 Å². The Labute approximate surface area is 84.1 Å². The van der Waals surface area contributed by atoms with Crippen LogP contribution in [0, 0.1) is 25.2 Å². The molecule has 1 aliphatic rings. The molecule has 0 aliphatic carbocycles. The lowest BCUT2D eigenvalue weighted by Crippen LogP contribution is -2.45. The van der Waals surface area contributed by atoms with Crippen molar-refractivity contribution in [2.75, 3.05) is 13.2 Å². The molecule has 0 unspecified atom stereocenters. The van der Waals surface area contributed by atoms with Crippen molar-refractivity contribution in [1.82, 2.24) is 0 Å². The fourth-order valence-corrected chi connectivity index (χ4v) is 1.84. The number of hydrogen-bond donors (Lipinski definition) is 0. The molecule has 1 aromatic rings. The average Bonchev–Trinajstić information content (AvgIpc) is 2.10. The van der Waals surface area contributed by atoms with Gasteiger partial charge in [0.1, 0.15) is 5.41 Å². The SMILES string of the molecule is Cc1ccc(C)c(C2(C#N)COC2)c1. The highest BCUT2D eigenvalue weighted by Gasteiger charge is 2.41. The zero-order valence-electron chi connectivity index (χ0n) is 8.50. The Morgan fingerprint density at radius 2 is 2.07 bits per heavy atom. The van der Waals surface area contributed by atoms with Gasteiger partial charge in [0, 0.05) is 0 Å². The summed E-state index contributed by atoms with van der Waals surface area (Å²) in [7, 11) is 0. The van der Waals surface area contributed by atoms with Crippen LogP contribution in [0.25, 0.3) is 0 Å². The summed E-state index contributed by atoms with van der Waals surface area (Å²) in [5.74, 6) is 0. The van der Waals surface area contributed by atoms with Crippen LogP contribution in [0.2, 0.25) is 0 Å². The molecule has 2 heteroatoms.